The number of hydrogen-bond donors (Lipinski definition) is 1. The summed E-state index contributed by atoms with van der Waals surface area (Å²) >= 11 is 3.42. The van der Waals surface area contributed by atoms with E-state index in [9.17, 15) is 4.79 Å². The van der Waals surface area contributed by atoms with Gasteiger partial charge in [-0.05, 0) is 30.7 Å². The lowest BCUT2D eigenvalue weighted by Crippen LogP contribution is -2.24. The molecule has 5 heteroatoms. The van der Waals surface area contributed by atoms with Crippen molar-refractivity contribution in [2.45, 2.75) is 46.1 Å². The normalized spacial score (nSPS) is 11.9. The second kappa shape index (κ2) is 5.72. The summed E-state index contributed by atoms with van der Waals surface area (Å²) in [5, 5.41) is 0. The molecule has 1 heterocycles. The molecule has 0 aliphatic heterocycles. The third kappa shape index (κ3) is 2.93. The molecule has 0 atom stereocenters. The molecule has 0 radical (unpaired) electrons. The van der Waals surface area contributed by atoms with Gasteiger partial charge in [-0.15, -0.1) is 0 Å². The maximum atomic E-state index is 12.6. The van der Waals surface area contributed by atoms with Crippen molar-refractivity contribution in [3.8, 4) is 5.69 Å². The molecule has 0 spiro atoms. The van der Waals surface area contributed by atoms with E-state index in [1.54, 1.807) is 4.68 Å². The van der Waals surface area contributed by atoms with Crippen molar-refractivity contribution in [1.29, 1.82) is 0 Å². The van der Waals surface area contributed by atoms with Gasteiger partial charge in [-0.25, -0.2) is 4.68 Å². The number of aromatic nitrogens is 2. The Morgan fingerprint density at radius 2 is 1.76 bits per heavy atom. The van der Waals surface area contributed by atoms with Crippen LogP contribution in [0.4, 0.5) is 5.69 Å². The minimum Gasteiger partial charge on any atom is -0.393 e. The Morgan fingerprint density at radius 1 is 1.19 bits per heavy atom. The lowest BCUT2D eigenvalue weighted by Gasteiger charge is -2.23. The molecule has 0 amide bonds. The van der Waals surface area contributed by atoms with Crippen LogP contribution >= 0.6 is 15.9 Å². The van der Waals surface area contributed by atoms with Crippen molar-refractivity contribution in [1.82, 2.24) is 9.36 Å². The molecule has 0 bridgehead atoms. The second-order valence-electron chi connectivity index (χ2n) is 6.23. The van der Waals surface area contributed by atoms with Crippen LogP contribution in [0.2, 0.25) is 0 Å². The standard InChI is InChI=1S/C16H22BrN3O/c1-5-10-19-14(16(2,3)4)13(18)15(21)20(19)12-8-6-11(17)7-9-12/h6-9H,5,10,18H2,1-4H3. The highest BCUT2D eigenvalue weighted by molar-refractivity contribution is 9.10. The van der Waals surface area contributed by atoms with Crippen LogP contribution in [0.25, 0.3) is 5.69 Å². The molecule has 4 nitrogen and oxygen atoms in total. The average molecular weight is 352 g/mol. The molecule has 0 unspecified atom stereocenters. The number of benzene rings is 1. The Labute approximate surface area is 133 Å². The molecule has 21 heavy (non-hydrogen) atoms. The Hall–Kier alpha value is -1.49. The van der Waals surface area contributed by atoms with Gasteiger partial charge in [0.15, 0.2) is 0 Å². The molecule has 114 valence electrons. The number of hydrogen-bond acceptors (Lipinski definition) is 2. The van der Waals surface area contributed by atoms with E-state index in [-0.39, 0.29) is 11.0 Å². The first-order valence-corrected chi connectivity index (χ1v) is 7.94. The Bertz CT molecular complexity index is 690. The van der Waals surface area contributed by atoms with Crippen molar-refractivity contribution in [3.63, 3.8) is 0 Å². The number of nitrogens with zero attached hydrogens (tertiary/aromatic N) is 2. The van der Waals surface area contributed by atoms with Gasteiger partial charge in [-0.2, -0.15) is 0 Å². The van der Waals surface area contributed by atoms with Gasteiger partial charge < -0.3 is 5.73 Å². The van der Waals surface area contributed by atoms with E-state index in [1.165, 1.54) is 0 Å². The summed E-state index contributed by atoms with van der Waals surface area (Å²) < 4.78 is 4.68. The van der Waals surface area contributed by atoms with Gasteiger partial charge in [0.1, 0.15) is 5.69 Å². The predicted molar refractivity (Wildman–Crippen MR) is 91.1 cm³/mol. The molecule has 2 aromatic rings. The van der Waals surface area contributed by atoms with E-state index in [0.717, 1.165) is 28.8 Å². The zero-order valence-corrected chi connectivity index (χ0v) is 14.6. The molecule has 1 aromatic heterocycles. The van der Waals surface area contributed by atoms with Gasteiger partial charge in [0.2, 0.25) is 0 Å². The minimum atomic E-state index is -0.182. The van der Waals surface area contributed by atoms with Gasteiger partial charge in [-0.1, -0.05) is 43.6 Å². The predicted octanol–water partition coefficient (Wildman–Crippen LogP) is 3.69. The number of halogens is 1. The summed E-state index contributed by atoms with van der Waals surface area (Å²) in [6.07, 6.45) is 0.938. The topological polar surface area (TPSA) is 52.9 Å². The number of nitrogens with two attached hydrogens (primary N) is 1. The summed E-state index contributed by atoms with van der Waals surface area (Å²) in [5.74, 6) is 0. The van der Waals surface area contributed by atoms with E-state index in [4.69, 9.17) is 5.73 Å². The van der Waals surface area contributed by atoms with Crippen LogP contribution in [0.5, 0.6) is 0 Å². The van der Waals surface area contributed by atoms with Crippen LogP contribution in [0.3, 0.4) is 0 Å². The van der Waals surface area contributed by atoms with Gasteiger partial charge >= 0.3 is 0 Å². The quantitative estimate of drug-likeness (QED) is 0.916. The fourth-order valence-corrected chi connectivity index (χ4v) is 2.88. The molecule has 1 aromatic carbocycles. The first-order valence-electron chi connectivity index (χ1n) is 7.15. The second-order valence-corrected chi connectivity index (χ2v) is 7.14. The van der Waals surface area contributed by atoms with Gasteiger partial charge in [0.25, 0.3) is 5.56 Å². The van der Waals surface area contributed by atoms with Crippen LogP contribution in [0, 0.1) is 0 Å². The summed E-state index contributed by atoms with van der Waals surface area (Å²) in [7, 11) is 0. The van der Waals surface area contributed by atoms with E-state index in [2.05, 4.69) is 43.6 Å². The molecule has 2 rings (SSSR count). The Morgan fingerprint density at radius 3 is 2.24 bits per heavy atom. The molecule has 0 fully saturated rings. The van der Waals surface area contributed by atoms with Crippen molar-refractivity contribution in [3.05, 3.63) is 44.8 Å². The summed E-state index contributed by atoms with van der Waals surface area (Å²) in [6.45, 7) is 9.09. The average Bonchev–Trinajstić information content (AvgIpc) is 2.63. The monoisotopic (exact) mass is 351 g/mol. The Kier molecular flexibility index (Phi) is 4.33. The first-order chi connectivity index (χ1) is 9.77. The maximum absolute atomic E-state index is 12.6. The molecule has 0 aliphatic rings. The van der Waals surface area contributed by atoms with Gasteiger partial charge in [0, 0.05) is 16.4 Å². The Balaban J connectivity index is 2.77. The van der Waals surface area contributed by atoms with E-state index in [1.807, 2.05) is 28.9 Å². The largest absolute Gasteiger partial charge is 0.393 e. The SMILES string of the molecule is CCCn1c(C(C)(C)C)c(N)c(=O)n1-c1ccc(Br)cc1. The minimum absolute atomic E-state index is 0.143. The van der Waals surface area contributed by atoms with Crippen LogP contribution in [0.1, 0.15) is 39.8 Å². The molecule has 0 aliphatic carbocycles. The van der Waals surface area contributed by atoms with Crippen molar-refractivity contribution in [2.75, 3.05) is 5.73 Å². The van der Waals surface area contributed by atoms with Crippen LogP contribution < -0.4 is 11.3 Å². The highest BCUT2D eigenvalue weighted by atomic mass is 79.9. The van der Waals surface area contributed by atoms with Crippen molar-refractivity contribution < 1.29 is 0 Å². The number of rotatable bonds is 3. The molecular weight excluding hydrogens is 330 g/mol. The van der Waals surface area contributed by atoms with Gasteiger partial charge in [-0.3, -0.25) is 9.48 Å². The highest BCUT2D eigenvalue weighted by Crippen LogP contribution is 2.28. The van der Waals surface area contributed by atoms with Crippen molar-refractivity contribution in [2.24, 2.45) is 0 Å². The molecular formula is C16H22BrN3O. The summed E-state index contributed by atoms with van der Waals surface area (Å²) in [4.78, 5) is 12.6. The van der Waals surface area contributed by atoms with Crippen LogP contribution in [0.15, 0.2) is 33.5 Å². The molecule has 0 saturated heterocycles. The molecule has 0 saturated carbocycles. The number of anilines is 1. The number of nitrogen functional groups attached to an aromatic ring is 1. The highest BCUT2D eigenvalue weighted by Gasteiger charge is 2.27. The third-order valence-corrected chi connectivity index (χ3v) is 3.92. The van der Waals surface area contributed by atoms with Crippen molar-refractivity contribution >= 4 is 21.6 Å². The maximum Gasteiger partial charge on any atom is 0.294 e. The lowest BCUT2D eigenvalue weighted by molar-refractivity contribution is 0.452. The van der Waals surface area contributed by atoms with E-state index >= 15 is 0 Å². The zero-order valence-electron chi connectivity index (χ0n) is 13.0. The van der Waals surface area contributed by atoms with E-state index < -0.39 is 0 Å². The molecule has 2 N–H and O–H groups in total. The first kappa shape index (κ1) is 15.9. The van der Waals surface area contributed by atoms with Gasteiger partial charge in [0.05, 0.1) is 11.4 Å². The van der Waals surface area contributed by atoms with Crippen LogP contribution in [-0.4, -0.2) is 9.36 Å². The zero-order chi connectivity index (χ0) is 15.8. The summed E-state index contributed by atoms with van der Waals surface area (Å²) in [5.41, 5.74) is 7.88. The fraction of sp³-hybridized carbons (Fsp3) is 0.438. The third-order valence-electron chi connectivity index (χ3n) is 3.39. The fourth-order valence-electron chi connectivity index (χ4n) is 2.62. The van der Waals surface area contributed by atoms with E-state index in [0.29, 0.717) is 5.69 Å². The van der Waals surface area contributed by atoms with Crippen LogP contribution in [-0.2, 0) is 12.0 Å². The lowest BCUT2D eigenvalue weighted by atomic mass is 9.91. The summed E-state index contributed by atoms with van der Waals surface area (Å²) in [6, 6.07) is 7.70. The smallest absolute Gasteiger partial charge is 0.294 e.